The Morgan fingerprint density at radius 1 is 1.16 bits per heavy atom. The van der Waals surface area contributed by atoms with Crippen LogP contribution in [0.1, 0.15) is 24.8 Å². The van der Waals surface area contributed by atoms with Gasteiger partial charge in [-0.05, 0) is 42.3 Å². The highest BCUT2D eigenvalue weighted by Gasteiger charge is 2.09. The van der Waals surface area contributed by atoms with Crippen LogP contribution in [-0.2, 0) is 17.6 Å². The number of carbonyl (C=O) groups excluding carboxylic acids is 1. The van der Waals surface area contributed by atoms with Gasteiger partial charge in [-0.1, -0.05) is 25.1 Å². The molecule has 0 aliphatic heterocycles. The summed E-state index contributed by atoms with van der Waals surface area (Å²) < 4.78 is 18.4. The maximum atomic E-state index is 12.9. The molecule has 0 spiro atoms. The SMILES string of the molecule is CCc1nnc(-c2cccc(NC(=O)CCc3ccc(F)cc3)c2)o1. The van der Waals surface area contributed by atoms with Gasteiger partial charge in [-0.25, -0.2) is 4.39 Å². The number of carbonyl (C=O) groups is 1. The van der Waals surface area contributed by atoms with Crippen molar-refractivity contribution in [2.24, 2.45) is 0 Å². The van der Waals surface area contributed by atoms with E-state index >= 15 is 0 Å². The van der Waals surface area contributed by atoms with Crippen molar-refractivity contribution in [1.29, 1.82) is 0 Å². The van der Waals surface area contributed by atoms with Gasteiger partial charge in [0.15, 0.2) is 0 Å². The average Bonchev–Trinajstić information content (AvgIpc) is 3.11. The van der Waals surface area contributed by atoms with Crippen LogP contribution in [0.5, 0.6) is 0 Å². The van der Waals surface area contributed by atoms with Crippen molar-refractivity contribution >= 4 is 11.6 Å². The molecule has 1 N–H and O–H groups in total. The summed E-state index contributed by atoms with van der Waals surface area (Å²) in [4.78, 5) is 12.1. The quantitative estimate of drug-likeness (QED) is 0.737. The fourth-order valence-corrected chi connectivity index (χ4v) is 2.38. The summed E-state index contributed by atoms with van der Waals surface area (Å²) in [5.41, 5.74) is 2.34. The van der Waals surface area contributed by atoms with E-state index < -0.39 is 0 Å². The van der Waals surface area contributed by atoms with E-state index in [1.165, 1.54) is 12.1 Å². The van der Waals surface area contributed by atoms with Gasteiger partial charge in [0.05, 0.1) is 0 Å². The van der Waals surface area contributed by atoms with E-state index in [2.05, 4.69) is 15.5 Å². The Labute approximate surface area is 144 Å². The van der Waals surface area contributed by atoms with E-state index in [0.717, 1.165) is 11.1 Å². The number of halogens is 1. The van der Waals surface area contributed by atoms with E-state index in [1.807, 2.05) is 19.1 Å². The number of hydrogen-bond donors (Lipinski definition) is 1. The molecule has 0 saturated heterocycles. The Morgan fingerprint density at radius 2 is 1.96 bits per heavy atom. The van der Waals surface area contributed by atoms with Gasteiger partial charge >= 0.3 is 0 Å². The molecule has 2 aromatic carbocycles. The predicted molar refractivity (Wildman–Crippen MR) is 92.5 cm³/mol. The molecular weight excluding hydrogens is 321 g/mol. The van der Waals surface area contributed by atoms with E-state index in [4.69, 9.17) is 4.42 Å². The van der Waals surface area contributed by atoms with Crippen molar-refractivity contribution in [2.75, 3.05) is 5.32 Å². The average molecular weight is 339 g/mol. The van der Waals surface area contributed by atoms with Crippen LogP contribution in [0.3, 0.4) is 0 Å². The standard InChI is InChI=1S/C19H18FN3O2/c1-2-18-22-23-19(25-18)14-4-3-5-16(12-14)21-17(24)11-8-13-6-9-15(20)10-7-13/h3-7,9-10,12H,2,8,11H2,1H3,(H,21,24). The van der Waals surface area contributed by atoms with Crippen LogP contribution in [0.2, 0.25) is 0 Å². The molecule has 1 heterocycles. The van der Waals surface area contributed by atoms with Gasteiger partial charge in [-0.15, -0.1) is 10.2 Å². The summed E-state index contributed by atoms with van der Waals surface area (Å²) in [6.45, 7) is 1.94. The Bertz CT molecular complexity index is 859. The second kappa shape index (κ2) is 7.70. The van der Waals surface area contributed by atoms with Crippen molar-refractivity contribution in [2.45, 2.75) is 26.2 Å². The molecule has 0 bridgehead atoms. The molecule has 1 amide bonds. The lowest BCUT2D eigenvalue weighted by atomic mass is 10.1. The Balaban J connectivity index is 1.61. The number of rotatable bonds is 6. The zero-order chi connectivity index (χ0) is 17.6. The second-order valence-electron chi connectivity index (χ2n) is 5.61. The Hall–Kier alpha value is -3.02. The highest BCUT2D eigenvalue weighted by atomic mass is 19.1. The molecule has 25 heavy (non-hydrogen) atoms. The molecule has 0 radical (unpaired) electrons. The van der Waals surface area contributed by atoms with Crippen molar-refractivity contribution in [1.82, 2.24) is 10.2 Å². The summed E-state index contributed by atoms with van der Waals surface area (Å²) in [5.74, 6) is 0.613. The fraction of sp³-hybridized carbons (Fsp3) is 0.211. The normalized spacial score (nSPS) is 10.6. The van der Waals surface area contributed by atoms with Crippen LogP contribution in [-0.4, -0.2) is 16.1 Å². The smallest absolute Gasteiger partial charge is 0.247 e. The second-order valence-corrected chi connectivity index (χ2v) is 5.61. The van der Waals surface area contributed by atoms with Gasteiger partial charge in [0.1, 0.15) is 5.82 Å². The van der Waals surface area contributed by atoms with Crippen molar-refractivity contribution < 1.29 is 13.6 Å². The molecule has 1 aromatic heterocycles. The maximum absolute atomic E-state index is 12.9. The number of anilines is 1. The molecule has 0 aliphatic rings. The summed E-state index contributed by atoms with van der Waals surface area (Å²) in [7, 11) is 0. The zero-order valence-electron chi connectivity index (χ0n) is 13.8. The van der Waals surface area contributed by atoms with Crippen LogP contribution < -0.4 is 5.32 Å². The van der Waals surface area contributed by atoms with Crippen LogP contribution in [0.25, 0.3) is 11.5 Å². The first-order valence-electron chi connectivity index (χ1n) is 8.11. The summed E-state index contributed by atoms with van der Waals surface area (Å²) in [6.07, 6.45) is 1.54. The molecule has 0 unspecified atom stereocenters. The highest BCUT2D eigenvalue weighted by molar-refractivity contribution is 5.91. The molecule has 5 nitrogen and oxygen atoms in total. The lowest BCUT2D eigenvalue weighted by Crippen LogP contribution is -2.12. The van der Waals surface area contributed by atoms with Gasteiger partial charge in [-0.2, -0.15) is 0 Å². The van der Waals surface area contributed by atoms with Crippen LogP contribution in [0, 0.1) is 5.82 Å². The van der Waals surface area contributed by atoms with Crippen LogP contribution in [0.15, 0.2) is 52.9 Å². The molecule has 0 fully saturated rings. The fourth-order valence-electron chi connectivity index (χ4n) is 2.38. The van der Waals surface area contributed by atoms with Crippen molar-refractivity contribution in [3.63, 3.8) is 0 Å². The lowest BCUT2D eigenvalue weighted by molar-refractivity contribution is -0.116. The Kier molecular flexibility index (Phi) is 5.18. The molecule has 128 valence electrons. The number of hydrogen-bond acceptors (Lipinski definition) is 4. The van der Waals surface area contributed by atoms with E-state index in [-0.39, 0.29) is 11.7 Å². The third-order valence-electron chi connectivity index (χ3n) is 3.72. The summed E-state index contributed by atoms with van der Waals surface area (Å²) >= 11 is 0. The minimum absolute atomic E-state index is 0.110. The Morgan fingerprint density at radius 3 is 2.68 bits per heavy atom. The monoisotopic (exact) mass is 339 g/mol. The number of nitrogens with zero attached hydrogens (tertiary/aromatic N) is 2. The van der Waals surface area contributed by atoms with Gasteiger partial charge in [0, 0.05) is 24.1 Å². The largest absolute Gasteiger partial charge is 0.421 e. The van der Waals surface area contributed by atoms with Gasteiger partial charge in [0.25, 0.3) is 0 Å². The summed E-state index contributed by atoms with van der Waals surface area (Å²) in [5, 5.41) is 10.8. The van der Waals surface area contributed by atoms with Gasteiger partial charge < -0.3 is 9.73 Å². The molecule has 0 atom stereocenters. The number of benzene rings is 2. The number of aryl methyl sites for hydroxylation is 2. The van der Waals surface area contributed by atoms with E-state index in [9.17, 15) is 9.18 Å². The molecular formula is C19H18FN3O2. The van der Waals surface area contributed by atoms with E-state index in [1.54, 1.807) is 24.3 Å². The van der Waals surface area contributed by atoms with Crippen LogP contribution >= 0.6 is 0 Å². The van der Waals surface area contributed by atoms with E-state index in [0.29, 0.717) is 36.7 Å². The first kappa shape index (κ1) is 16.8. The highest BCUT2D eigenvalue weighted by Crippen LogP contribution is 2.22. The van der Waals surface area contributed by atoms with Crippen molar-refractivity contribution in [3.05, 3.63) is 65.8 Å². The first-order chi connectivity index (χ1) is 12.1. The third kappa shape index (κ3) is 4.50. The van der Waals surface area contributed by atoms with Gasteiger partial charge in [-0.3, -0.25) is 4.79 Å². The number of amides is 1. The number of nitrogens with one attached hydrogen (secondary N) is 1. The van der Waals surface area contributed by atoms with Crippen molar-refractivity contribution in [3.8, 4) is 11.5 Å². The maximum Gasteiger partial charge on any atom is 0.247 e. The summed E-state index contributed by atoms with van der Waals surface area (Å²) in [6, 6.07) is 13.4. The molecule has 3 aromatic rings. The van der Waals surface area contributed by atoms with Gasteiger partial charge in [0.2, 0.25) is 17.7 Å². The molecule has 0 aliphatic carbocycles. The minimum atomic E-state index is -0.280. The van der Waals surface area contributed by atoms with Crippen LogP contribution in [0.4, 0.5) is 10.1 Å². The minimum Gasteiger partial charge on any atom is -0.421 e. The number of aromatic nitrogens is 2. The third-order valence-corrected chi connectivity index (χ3v) is 3.72. The predicted octanol–water partition coefficient (Wildman–Crippen LogP) is 4.01. The molecule has 3 rings (SSSR count). The molecule has 0 saturated carbocycles. The molecule has 6 heteroatoms. The first-order valence-corrected chi connectivity index (χ1v) is 8.11. The zero-order valence-corrected chi connectivity index (χ0v) is 13.8. The topological polar surface area (TPSA) is 68.0 Å². The lowest BCUT2D eigenvalue weighted by Gasteiger charge is -2.06.